The number of nitrogens with one attached hydrogen (secondary N) is 1. The van der Waals surface area contributed by atoms with E-state index in [1.165, 1.54) is 30.4 Å². The molecular weight excluding hydrogens is 382 g/mol. The Morgan fingerprint density at radius 3 is 2.35 bits per heavy atom. The van der Waals surface area contributed by atoms with Gasteiger partial charge in [-0.15, -0.1) is 0 Å². The van der Waals surface area contributed by atoms with E-state index in [0.29, 0.717) is 12.1 Å². The molecule has 4 rings (SSSR count). The van der Waals surface area contributed by atoms with Crippen LogP contribution < -0.4 is 5.32 Å². The van der Waals surface area contributed by atoms with E-state index in [-0.39, 0.29) is 5.91 Å². The number of likely N-dealkylation sites (tertiary alicyclic amines) is 1. The normalized spacial score (nSPS) is 15.0. The fraction of sp³-hybridized carbons (Fsp3) is 0.333. The molecule has 0 atom stereocenters. The van der Waals surface area contributed by atoms with Crippen molar-refractivity contribution in [1.82, 2.24) is 15.2 Å². The third-order valence-corrected chi connectivity index (χ3v) is 6.09. The SMILES string of the molecule is O=C(NCCc1ccccn1)c1ccc(CN2CCC(Cc3ccccc3)CC2)cc1. The van der Waals surface area contributed by atoms with Gasteiger partial charge in [-0.05, 0) is 73.7 Å². The second-order valence-corrected chi connectivity index (χ2v) is 8.43. The molecule has 1 N–H and O–H groups in total. The fourth-order valence-electron chi connectivity index (χ4n) is 4.27. The van der Waals surface area contributed by atoms with E-state index in [2.05, 4.69) is 57.7 Å². The zero-order valence-electron chi connectivity index (χ0n) is 18.0. The molecule has 31 heavy (non-hydrogen) atoms. The molecular formula is C27H31N3O. The predicted molar refractivity (Wildman–Crippen MR) is 125 cm³/mol. The molecule has 1 aliphatic heterocycles. The maximum Gasteiger partial charge on any atom is 0.251 e. The number of nitrogens with zero attached hydrogens (tertiary/aromatic N) is 2. The Kier molecular flexibility index (Phi) is 7.46. The highest BCUT2D eigenvalue weighted by atomic mass is 16.1. The van der Waals surface area contributed by atoms with Crippen LogP contribution in [0.5, 0.6) is 0 Å². The summed E-state index contributed by atoms with van der Waals surface area (Å²) in [5.41, 5.74) is 4.43. The molecule has 1 aliphatic rings. The molecule has 0 saturated carbocycles. The first-order valence-corrected chi connectivity index (χ1v) is 11.3. The van der Waals surface area contributed by atoms with Gasteiger partial charge in [0.25, 0.3) is 5.91 Å². The number of hydrogen-bond acceptors (Lipinski definition) is 3. The van der Waals surface area contributed by atoms with Crippen LogP contribution in [0.15, 0.2) is 79.0 Å². The zero-order chi connectivity index (χ0) is 21.3. The summed E-state index contributed by atoms with van der Waals surface area (Å²) < 4.78 is 0. The Bertz CT molecular complexity index is 933. The van der Waals surface area contributed by atoms with Gasteiger partial charge in [-0.3, -0.25) is 14.7 Å². The van der Waals surface area contributed by atoms with Gasteiger partial charge in [0.1, 0.15) is 0 Å². The monoisotopic (exact) mass is 413 g/mol. The third-order valence-electron chi connectivity index (χ3n) is 6.09. The topological polar surface area (TPSA) is 45.2 Å². The highest BCUT2D eigenvalue weighted by Crippen LogP contribution is 2.23. The van der Waals surface area contributed by atoms with Gasteiger partial charge in [0.15, 0.2) is 0 Å². The van der Waals surface area contributed by atoms with Gasteiger partial charge in [-0.1, -0.05) is 48.5 Å². The predicted octanol–water partition coefficient (Wildman–Crippen LogP) is 4.51. The Hall–Kier alpha value is -2.98. The molecule has 0 bridgehead atoms. The van der Waals surface area contributed by atoms with E-state index >= 15 is 0 Å². The Morgan fingerprint density at radius 1 is 0.903 bits per heavy atom. The van der Waals surface area contributed by atoms with Crippen LogP contribution in [-0.4, -0.2) is 35.4 Å². The number of piperidine rings is 1. The first-order chi connectivity index (χ1) is 15.3. The van der Waals surface area contributed by atoms with Crippen LogP contribution in [0.2, 0.25) is 0 Å². The summed E-state index contributed by atoms with van der Waals surface area (Å²) in [6.45, 7) is 3.84. The summed E-state index contributed by atoms with van der Waals surface area (Å²) in [4.78, 5) is 19.2. The summed E-state index contributed by atoms with van der Waals surface area (Å²) in [7, 11) is 0. The van der Waals surface area contributed by atoms with E-state index in [0.717, 1.165) is 37.7 Å². The fourth-order valence-corrected chi connectivity index (χ4v) is 4.27. The largest absolute Gasteiger partial charge is 0.352 e. The number of hydrogen-bond donors (Lipinski definition) is 1. The molecule has 2 aromatic carbocycles. The number of benzene rings is 2. The molecule has 1 saturated heterocycles. The van der Waals surface area contributed by atoms with Gasteiger partial charge >= 0.3 is 0 Å². The van der Waals surface area contributed by atoms with Gasteiger partial charge in [0.2, 0.25) is 0 Å². The van der Waals surface area contributed by atoms with Crippen LogP contribution in [0.1, 0.15) is 40.0 Å². The summed E-state index contributed by atoms with van der Waals surface area (Å²) in [6.07, 6.45) is 6.22. The first kappa shape index (κ1) is 21.3. The first-order valence-electron chi connectivity index (χ1n) is 11.3. The van der Waals surface area contributed by atoms with Crippen LogP contribution in [0, 0.1) is 5.92 Å². The van der Waals surface area contributed by atoms with Gasteiger partial charge in [-0.2, -0.15) is 0 Å². The maximum absolute atomic E-state index is 12.4. The van der Waals surface area contributed by atoms with Gasteiger partial charge in [-0.25, -0.2) is 0 Å². The Labute approximate surface area is 185 Å². The van der Waals surface area contributed by atoms with Crippen molar-refractivity contribution in [3.8, 4) is 0 Å². The standard InChI is InChI=1S/C27H31N3O/c31-27(29-17-13-26-8-4-5-16-28-26)25-11-9-24(10-12-25)21-30-18-14-23(15-19-30)20-22-6-2-1-3-7-22/h1-12,16,23H,13-15,17-21H2,(H,29,31). The van der Waals surface area contributed by atoms with Gasteiger partial charge in [0.05, 0.1) is 0 Å². The van der Waals surface area contributed by atoms with Gasteiger partial charge in [0, 0.05) is 37.0 Å². The van der Waals surface area contributed by atoms with Crippen molar-refractivity contribution in [2.75, 3.05) is 19.6 Å². The molecule has 0 aliphatic carbocycles. The highest BCUT2D eigenvalue weighted by molar-refractivity contribution is 5.94. The number of amides is 1. The minimum Gasteiger partial charge on any atom is -0.352 e. The van der Waals surface area contributed by atoms with Crippen molar-refractivity contribution in [2.45, 2.75) is 32.2 Å². The van der Waals surface area contributed by atoms with Crippen LogP contribution in [-0.2, 0) is 19.4 Å². The number of pyridine rings is 1. The molecule has 2 heterocycles. The molecule has 0 spiro atoms. The average molecular weight is 414 g/mol. The van der Waals surface area contributed by atoms with Crippen molar-refractivity contribution < 1.29 is 4.79 Å². The summed E-state index contributed by atoms with van der Waals surface area (Å²) in [5, 5.41) is 2.98. The molecule has 4 heteroatoms. The average Bonchev–Trinajstić information content (AvgIpc) is 2.82. The minimum atomic E-state index is -0.0239. The molecule has 160 valence electrons. The zero-order valence-corrected chi connectivity index (χ0v) is 18.0. The van der Waals surface area contributed by atoms with Crippen LogP contribution in [0.4, 0.5) is 0 Å². The van der Waals surface area contributed by atoms with Crippen molar-refractivity contribution in [3.63, 3.8) is 0 Å². The third kappa shape index (κ3) is 6.50. The van der Waals surface area contributed by atoms with E-state index < -0.39 is 0 Å². The summed E-state index contributed by atoms with van der Waals surface area (Å²) >= 11 is 0. The van der Waals surface area contributed by atoms with E-state index in [9.17, 15) is 4.79 Å². The van der Waals surface area contributed by atoms with E-state index in [4.69, 9.17) is 0 Å². The number of rotatable bonds is 8. The smallest absolute Gasteiger partial charge is 0.251 e. The maximum atomic E-state index is 12.4. The lowest BCUT2D eigenvalue weighted by molar-refractivity contribution is 0.0954. The van der Waals surface area contributed by atoms with E-state index in [1.807, 2.05) is 30.3 Å². The molecule has 1 amide bonds. The van der Waals surface area contributed by atoms with Crippen LogP contribution in [0.3, 0.4) is 0 Å². The van der Waals surface area contributed by atoms with Gasteiger partial charge < -0.3 is 5.32 Å². The molecule has 0 unspecified atom stereocenters. The number of carbonyl (C=O) groups is 1. The summed E-state index contributed by atoms with van der Waals surface area (Å²) in [6, 6.07) is 24.7. The number of aromatic nitrogens is 1. The van der Waals surface area contributed by atoms with Crippen molar-refractivity contribution >= 4 is 5.91 Å². The van der Waals surface area contributed by atoms with E-state index in [1.54, 1.807) is 6.20 Å². The number of carbonyl (C=O) groups excluding carboxylic acids is 1. The second-order valence-electron chi connectivity index (χ2n) is 8.43. The summed E-state index contributed by atoms with van der Waals surface area (Å²) in [5.74, 6) is 0.764. The minimum absolute atomic E-state index is 0.0239. The lowest BCUT2D eigenvalue weighted by Gasteiger charge is -2.32. The van der Waals surface area contributed by atoms with Crippen molar-refractivity contribution in [1.29, 1.82) is 0 Å². The van der Waals surface area contributed by atoms with Crippen LogP contribution in [0.25, 0.3) is 0 Å². The van der Waals surface area contributed by atoms with Crippen molar-refractivity contribution in [2.24, 2.45) is 5.92 Å². The molecule has 0 radical (unpaired) electrons. The Balaban J connectivity index is 1.19. The molecule has 1 fully saturated rings. The highest BCUT2D eigenvalue weighted by Gasteiger charge is 2.19. The molecule has 3 aromatic rings. The van der Waals surface area contributed by atoms with Crippen LogP contribution >= 0.6 is 0 Å². The lowest BCUT2D eigenvalue weighted by atomic mass is 9.90. The van der Waals surface area contributed by atoms with Crippen molar-refractivity contribution in [3.05, 3.63) is 101 Å². The second kappa shape index (κ2) is 10.9. The molecule has 4 nitrogen and oxygen atoms in total. The molecule has 1 aromatic heterocycles. The quantitative estimate of drug-likeness (QED) is 0.591. The Morgan fingerprint density at radius 2 is 1.65 bits per heavy atom. The lowest BCUT2D eigenvalue weighted by Crippen LogP contribution is -2.33.